The Balaban J connectivity index is 1.36. The molecule has 2 N–H and O–H groups in total. The van der Waals surface area contributed by atoms with Crippen LogP contribution in [0.1, 0.15) is 35.4 Å². The van der Waals surface area contributed by atoms with Crippen LogP contribution >= 0.6 is 11.3 Å². The number of hydrogen-bond donors (Lipinski definition) is 2. The second-order valence-corrected chi connectivity index (χ2v) is 8.91. The largest absolute Gasteiger partial charge is 0.362 e. The molecule has 2 aromatic heterocycles. The van der Waals surface area contributed by atoms with Crippen LogP contribution in [0, 0.1) is 10.1 Å². The van der Waals surface area contributed by atoms with E-state index in [1.54, 1.807) is 0 Å². The SMILES string of the molecule is CN(C)c1nc(NC2CCC(NC(=O)c3ccc([N+](=O)[O-])s3)CC2)nc2ccccc12. The van der Waals surface area contributed by atoms with Gasteiger partial charge in [-0.1, -0.05) is 23.5 Å². The van der Waals surface area contributed by atoms with Crippen molar-refractivity contribution in [1.29, 1.82) is 0 Å². The number of benzene rings is 1. The molecule has 3 aromatic rings. The van der Waals surface area contributed by atoms with Crippen molar-refractivity contribution in [2.45, 2.75) is 37.8 Å². The van der Waals surface area contributed by atoms with Gasteiger partial charge in [0.1, 0.15) is 5.82 Å². The van der Waals surface area contributed by atoms with Crippen LogP contribution in [0.3, 0.4) is 0 Å². The monoisotopic (exact) mass is 440 g/mol. The summed E-state index contributed by atoms with van der Waals surface area (Å²) in [5.74, 6) is 1.24. The molecular formula is C21H24N6O3S. The van der Waals surface area contributed by atoms with E-state index in [2.05, 4.69) is 15.6 Å². The Labute approximate surface area is 183 Å². The molecule has 1 fully saturated rings. The first-order valence-corrected chi connectivity index (χ1v) is 11.0. The zero-order chi connectivity index (χ0) is 22.0. The fourth-order valence-electron chi connectivity index (χ4n) is 3.83. The number of thiophene rings is 1. The van der Waals surface area contributed by atoms with E-state index in [1.807, 2.05) is 43.3 Å². The number of nitrogens with zero attached hydrogens (tertiary/aromatic N) is 4. The number of amides is 1. The second kappa shape index (κ2) is 8.84. The van der Waals surface area contributed by atoms with E-state index in [4.69, 9.17) is 4.98 Å². The van der Waals surface area contributed by atoms with Crippen LogP contribution in [-0.2, 0) is 0 Å². The fraction of sp³-hybridized carbons (Fsp3) is 0.381. The fourth-order valence-corrected chi connectivity index (χ4v) is 4.56. The molecule has 1 aromatic carbocycles. The minimum absolute atomic E-state index is 0.0227. The number of nitrogens with one attached hydrogen (secondary N) is 2. The maximum atomic E-state index is 12.4. The Morgan fingerprint density at radius 1 is 1.10 bits per heavy atom. The standard InChI is InChI=1S/C21H24N6O3S/c1-26(2)19-15-5-3-4-6-16(15)24-21(25-19)23-14-9-7-13(8-10-14)22-20(28)17-11-12-18(31-17)27(29)30/h3-6,11-14H,7-10H2,1-2H3,(H,22,28)(H,23,24,25). The van der Waals surface area contributed by atoms with Crippen molar-refractivity contribution in [2.24, 2.45) is 0 Å². The molecule has 1 aliphatic carbocycles. The minimum Gasteiger partial charge on any atom is -0.362 e. The molecule has 0 radical (unpaired) electrons. The summed E-state index contributed by atoms with van der Waals surface area (Å²) in [6.45, 7) is 0. The van der Waals surface area contributed by atoms with Gasteiger partial charge in [-0.25, -0.2) is 4.98 Å². The Hall–Kier alpha value is -3.27. The van der Waals surface area contributed by atoms with Gasteiger partial charge in [-0.2, -0.15) is 4.98 Å². The third kappa shape index (κ3) is 4.74. The zero-order valence-electron chi connectivity index (χ0n) is 17.4. The first-order valence-electron chi connectivity index (χ1n) is 10.2. The summed E-state index contributed by atoms with van der Waals surface area (Å²) >= 11 is 0.900. The van der Waals surface area contributed by atoms with Gasteiger partial charge in [0.2, 0.25) is 5.95 Å². The van der Waals surface area contributed by atoms with E-state index < -0.39 is 4.92 Å². The van der Waals surface area contributed by atoms with Crippen molar-refractivity contribution in [2.75, 3.05) is 24.3 Å². The van der Waals surface area contributed by atoms with E-state index in [1.165, 1.54) is 12.1 Å². The minimum atomic E-state index is -0.477. The van der Waals surface area contributed by atoms with Crippen LogP contribution in [0.2, 0.25) is 0 Å². The molecule has 0 atom stereocenters. The van der Waals surface area contributed by atoms with Gasteiger partial charge in [-0.15, -0.1) is 0 Å². The molecule has 1 aliphatic rings. The van der Waals surface area contributed by atoms with Crippen LogP contribution in [0.15, 0.2) is 36.4 Å². The first kappa shape index (κ1) is 21.0. The molecular weight excluding hydrogens is 416 g/mol. The predicted molar refractivity (Wildman–Crippen MR) is 122 cm³/mol. The number of fused-ring (bicyclic) bond motifs is 1. The number of nitro groups is 1. The molecule has 4 rings (SSSR count). The average Bonchev–Trinajstić information content (AvgIpc) is 3.25. The number of para-hydroxylation sites is 1. The number of hydrogen-bond acceptors (Lipinski definition) is 8. The number of aromatic nitrogens is 2. The van der Waals surface area contributed by atoms with Gasteiger partial charge in [0.05, 0.1) is 15.3 Å². The quantitative estimate of drug-likeness (QED) is 0.442. The lowest BCUT2D eigenvalue weighted by molar-refractivity contribution is -0.380. The van der Waals surface area contributed by atoms with E-state index >= 15 is 0 Å². The maximum Gasteiger partial charge on any atom is 0.324 e. The molecule has 162 valence electrons. The third-order valence-corrected chi connectivity index (χ3v) is 6.43. The van der Waals surface area contributed by atoms with Gasteiger partial charge < -0.3 is 15.5 Å². The van der Waals surface area contributed by atoms with E-state index in [0.29, 0.717) is 10.8 Å². The van der Waals surface area contributed by atoms with Crippen molar-refractivity contribution >= 4 is 44.9 Å². The van der Waals surface area contributed by atoms with Crippen molar-refractivity contribution in [1.82, 2.24) is 15.3 Å². The van der Waals surface area contributed by atoms with Gasteiger partial charge in [-0.3, -0.25) is 14.9 Å². The molecule has 0 aliphatic heterocycles. The van der Waals surface area contributed by atoms with Crippen LogP contribution < -0.4 is 15.5 Å². The highest BCUT2D eigenvalue weighted by Crippen LogP contribution is 2.27. The molecule has 31 heavy (non-hydrogen) atoms. The van der Waals surface area contributed by atoms with Crippen molar-refractivity contribution in [3.05, 3.63) is 51.4 Å². The lowest BCUT2D eigenvalue weighted by atomic mass is 9.91. The van der Waals surface area contributed by atoms with Crippen LogP contribution in [0.5, 0.6) is 0 Å². The summed E-state index contributed by atoms with van der Waals surface area (Å²) in [5.41, 5.74) is 0.898. The molecule has 1 saturated carbocycles. The third-order valence-electron chi connectivity index (χ3n) is 5.40. The summed E-state index contributed by atoms with van der Waals surface area (Å²) in [7, 11) is 3.93. The molecule has 2 heterocycles. The first-order chi connectivity index (χ1) is 14.9. The van der Waals surface area contributed by atoms with Crippen molar-refractivity contribution in [3.8, 4) is 0 Å². The lowest BCUT2D eigenvalue weighted by Gasteiger charge is -2.29. The zero-order valence-corrected chi connectivity index (χ0v) is 18.2. The molecule has 0 bridgehead atoms. The highest BCUT2D eigenvalue weighted by atomic mass is 32.1. The Morgan fingerprint density at radius 3 is 2.48 bits per heavy atom. The summed E-state index contributed by atoms with van der Waals surface area (Å²) in [6.07, 6.45) is 3.40. The molecule has 0 unspecified atom stereocenters. The summed E-state index contributed by atoms with van der Waals surface area (Å²) in [5, 5.41) is 18.3. The van der Waals surface area contributed by atoms with Gasteiger partial charge in [-0.05, 0) is 43.9 Å². The highest BCUT2D eigenvalue weighted by molar-refractivity contribution is 7.17. The van der Waals surface area contributed by atoms with E-state index in [9.17, 15) is 14.9 Å². The predicted octanol–water partition coefficient (Wildman–Crippen LogP) is 3.82. The molecule has 1 amide bonds. The number of carbonyl (C=O) groups is 1. The van der Waals surface area contributed by atoms with Crippen LogP contribution in [-0.4, -0.2) is 47.0 Å². The molecule has 0 saturated heterocycles. The summed E-state index contributed by atoms with van der Waals surface area (Å²) in [4.78, 5) is 34.4. The summed E-state index contributed by atoms with van der Waals surface area (Å²) < 4.78 is 0. The maximum absolute atomic E-state index is 12.4. The average molecular weight is 441 g/mol. The van der Waals surface area contributed by atoms with Gasteiger partial charge in [0, 0.05) is 37.6 Å². The van der Waals surface area contributed by atoms with E-state index in [-0.39, 0.29) is 23.0 Å². The normalized spacial score (nSPS) is 18.5. The summed E-state index contributed by atoms with van der Waals surface area (Å²) in [6, 6.07) is 11.1. The smallest absolute Gasteiger partial charge is 0.324 e. The van der Waals surface area contributed by atoms with Crippen LogP contribution in [0.25, 0.3) is 10.9 Å². The number of carbonyl (C=O) groups excluding carboxylic acids is 1. The lowest BCUT2D eigenvalue weighted by Crippen LogP contribution is -2.40. The van der Waals surface area contributed by atoms with E-state index in [0.717, 1.165) is 53.7 Å². The highest BCUT2D eigenvalue weighted by Gasteiger charge is 2.25. The molecule has 0 spiro atoms. The molecule has 10 heteroatoms. The molecule has 9 nitrogen and oxygen atoms in total. The van der Waals surface area contributed by atoms with Gasteiger partial charge in [0.25, 0.3) is 5.91 Å². The van der Waals surface area contributed by atoms with Crippen LogP contribution in [0.4, 0.5) is 16.8 Å². The second-order valence-electron chi connectivity index (χ2n) is 7.84. The topological polar surface area (TPSA) is 113 Å². The van der Waals surface area contributed by atoms with Crippen molar-refractivity contribution in [3.63, 3.8) is 0 Å². The van der Waals surface area contributed by atoms with Gasteiger partial charge in [0.15, 0.2) is 0 Å². The van der Waals surface area contributed by atoms with Gasteiger partial charge >= 0.3 is 5.00 Å². The Morgan fingerprint density at radius 2 is 1.81 bits per heavy atom. The Kier molecular flexibility index (Phi) is 5.99. The number of rotatable bonds is 6. The Bertz CT molecular complexity index is 1110. The van der Waals surface area contributed by atoms with Crippen molar-refractivity contribution < 1.29 is 9.72 Å². The number of anilines is 2.